The average Bonchev–Trinajstić information content (AvgIpc) is 3.03. The van der Waals surface area contributed by atoms with Gasteiger partial charge >= 0.3 is 5.69 Å². The third-order valence-corrected chi connectivity index (χ3v) is 4.32. The van der Waals surface area contributed by atoms with E-state index in [1.165, 1.54) is 12.8 Å². The molecule has 108 valence electrons. The maximum absolute atomic E-state index is 11.3. The van der Waals surface area contributed by atoms with Crippen LogP contribution in [0.4, 0.5) is 17.1 Å². The summed E-state index contributed by atoms with van der Waals surface area (Å²) in [7, 11) is 0. The molecule has 0 aliphatic carbocycles. The molecule has 2 fully saturated rings. The number of nitrogens with zero attached hydrogens (tertiary/aromatic N) is 2. The van der Waals surface area contributed by atoms with Crippen LogP contribution < -0.4 is 16.6 Å². The van der Waals surface area contributed by atoms with Crippen LogP contribution in [0, 0.1) is 10.1 Å². The summed E-state index contributed by atoms with van der Waals surface area (Å²) in [6.07, 6.45) is 3.41. The first-order valence-electron chi connectivity index (χ1n) is 6.95. The van der Waals surface area contributed by atoms with Crippen LogP contribution in [0.15, 0.2) is 18.2 Å². The number of anilines is 2. The Bertz CT molecular complexity index is 521. The predicted molar refractivity (Wildman–Crippen MR) is 77.5 cm³/mol. The lowest BCUT2D eigenvalue weighted by atomic mass is 10.1. The normalized spacial score (nSPS) is 25.4. The van der Waals surface area contributed by atoms with E-state index in [0.717, 1.165) is 19.5 Å². The minimum atomic E-state index is -0.390. The molecule has 0 spiro atoms. The fraction of sp³-hybridized carbons (Fsp3) is 0.538. The monoisotopic (exact) mass is 277 g/mol. The maximum atomic E-state index is 11.3. The number of benzene rings is 1. The third-order valence-electron chi connectivity index (χ3n) is 4.32. The number of nitrogens with one attached hydrogen (secondary N) is 2. The molecule has 0 amide bonds. The van der Waals surface area contributed by atoms with Crippen LogP contribution in [-0.4, -0.2) is 35.0 Å². The van der Waals surface area contributed by atoms with Crippen molar-refractivity contribution in [2.75, 3.05) is 23.8 Å². The van der Waals surface area contributed by atoms with E-state index >= 15 is 0 Å². The van der Waals surface area contributed by atoms with Crippen molar-refractivity contribution in [1.29, 1.82) is 0 Å². The zero-order valence-corrected chi connectivity index (χ0v) is 11.2. The van der Waals surface area contributed by atoms with Gasteiger partial charge in [-0.15, -0.1) is 0 Å². The summed E-state index contributed by atoms with van der Waals surface area (Å²) < 4.78 is 0. The molecule has 2 heterocycles. The Kier molecular flexibility index (Phi) is 3.45. The number of nitro benzene ring substituents is 1. The van der Waals surface area contributed by atoms with Crippen LogP contribution in [0.2, 0.25) is 0 Å². The first kappa shape index (κ1) is 13.1. The zero-order valence-electron chi connectivity index (χ0n) is 11.2. The van der Waals surface area contributed by atoms with E-state index in [4.69, 9.17) is 5.84 Å². The molecular formula is C13H19N5O2. The van der Waals surface area contributed by atoms with E-state index in [2.05, 4.69) is 15.6 Å². The second-order valence-electron chi connectivity index (χ2n) is 5.39. The smallest absolute Gasteiger partial charge is 0.316 e. The zero-order chi connectivity index (χ0) is 14.1. The summed E-state index contributed by atoms with van der Waals surface area (Å²) in [5.74, 6) is 5.36. The van der Waals surface area contributed by atoms with Crippen molar-refractivity contribution < 1.29 is 4.92 Å². The van der Waals surface area contributed by atoms with Crippen molar-refractivity contribution in [3.8, 4) is 0 Å². The lowest BCUT2D eigenvalue weighted by Gasteiger charge is -2.22. The lowest BCUT2D eigenvalue weighted by molar-refractivity contribution is -0.383. The summed E-state index contributed by atoms with van der Waals surface area (Å²) in [5, 5.41) is 14.6. The molecule has 2 saturated heterocycles. The van der Waals surface area contributed by atoms with Gasteiger partial charge in [0.05, 0.1) is 4.92 Å². The van der Waals surface area contributed by atoms with Gasteiger partial charge in [0.2, 0.25) is 0 Å². The molecule has 0 radical (unpaired) electrons. The average molecular weight is 277 g/mol. The number of nitrogens with two attached hydrogens (primary N) is 1. The van der Waals surface area contributed by atoms with Crippen LogP contribution in [0.3, 0.4) is 0 Å². The Morgan fingerprint density at radius 1 is 1.30 bits per heavy atom. The minimum absolute atomic E-state index is 0.0199. The quantitative estimate of drug-likeness (QED) is 0.439. The van der Waals surface area contributed by atoms with E-state index in [1.54, 1.807) is 18.2 Å². The largest absolute Gasteiger partial charge is 0.375 e. The molecule has 2 aliphatic heterocycles. The number of para-hydroxylation sites is 1. The fourth-order valence-electron chi connectivity index (χ4n) is 3.42. The molecule has 2 atom stereocenters. The van der Waals surface area contributed by atoms with E-state index in [9.17, 15) is 10.1 Å². The van der Waals surface area contributed by atoms with Gasteiger partial charge in [-0.25, -0.2) is 0 Å². The van der Waals surface area contributed by atoms with Gasteiger partial charge in [0.15, 0.2) is 0 Å². The highest BCUT2D eigenvalue weighted by molar-refractivity contribution is 5.76. The SMILES string of the molecule is NNc1cccc(NC2CCN3CCCC23)c1[N+](=O)[O-]. The van der Waals surface area contributed by atoms with Crippen molar-refractivity contribution in [2.45, 2.75) is 31.3 Å². The fourth-order valence-corrected chi connectivity index (χ4v) is 3.42. The second-order valence-corrected chi connectivity index (χ2v) is 5.39. The van der Waals surface area contributed by atoms with Crippen molar-refractivity contribution in [2.24, 2.45) is 5.84 Å². The highest BCUT2D eigenvalue weighted by Crippen LogP contribution is 2.36. The van der Waals surface area contributed by atoms with Crippen LogP contribution in [0.1, 0.15) is 19.3 Å². The van der Waals surface area contributed by atoms with E-state index < -0.39 is 0 Å². The van der Waals surface area contributed by atoms with Crippen molar-refractivity contribution >= 4 is 17.1 Å². The number of hydrogen-bond donors (Lipinski definition) is 3. The predicted octanol–water partition coefficient (Wildman–Crippen LogP) is 1.53. The number of nitrogen functional groups attached to an aromatic ring is 1. The molecule has 0 bridgehead atoms. The standard InChI is InChI=1S/C13H19N5O2/c14-16-11-4-1-3-10(13(11)18(19)20)15-9-6-8-17-7-2-5-12(9)17/h1,3-4,9,12,15-16H,2,5-8,14H2. The summed E-state index contributed by atoms with van der Waals surface area (Å²) in [6.45, 7) is 2.22. The Morgan fingerprint density at radius 3 is 2.85 bits per heavy atom. The Labute approximate surface area is 117 Å². The van der Waals surface area contributed by atoms with Gasteiger partial charge in [-0.3, -0.25) is 20.9 Å². The highest BCUT2D eigenvalue weighted by Gasteiger charge is 2.37. The molecular weight excluding hydrogens is 258 g/mol. The number of fused-ring (bicyclic) bond motifs is 1. The van der Waals surface area contributed by atoms with Gasteiger partial charge in [0, 0.05) is 18.6 Å². The number of hydrazine groups is 1. The molecule has 1 aromatic carbocycles. The second kappa shape index (κ2) is 5.26. The maximum Gasteiger partial charge on any atom is 0.316 e. The third kappa shape index (κ3) is 2.19. The van der Waals surface area contributed by atoms with Crippen LogP contribution in [0.5, 0.6) is 0 Å². The molecule has 0 saturated carbocycles. The van der Waals surface area contributed by atoms with E-state index in [1.807, 2.05) is 0 Å². The van der Waals surface area contributed by atoms with Crippen LogP contribution in [-0.2, 0) is 0 Å². The Hall–Kier alpha value is -1.86. The molecule has 0 aromatic heterocycles. The van der Waals surface area contributed by atoms with Crippen LogP contribution in [0.25, 0.3) is 0 Å². The summed E-state index contributed by atoms with van der Waals surface area (Å²) in [4.78, 5) is 13.3. The highest BCUT2D eigenvalue weighted by atomic mass is 16.6. The topological polar surface area (TPSA) is 96.5 Å². The number of nitro groups is 1. The van der Waals surface area contributed by atoms with Gasteiger partial charge in [0.25, 0.3) is 0 Å². The molecule has 7 nitrogen and oxygen atoms in total. The van der Waals surface area contributed by atoms with Crippen molar-refractivity contribution in [3.63, 3.8) is 0 Å². The number of rotatable bonds is 4. The molecule has 2 unspecified atom stereocenters. The molecule has 2 aliphatic rings. The Balaban J connectivity index is 1.85. The Morgan fingerprint density at radius 2 is 2.10 bits per heavy atom. The summed E-state index contributed by atoms with van der Waals surface area (Å²) in [5.41, 5.74) is 3.30. The van der Waals surface area contributed by atoms with Gasteiger partial charge in [-0.05, 0) is 37.9 Å². The number of hydrogen-bond acceptors (Lipinski definition) is 6. The van der Waals surface area contributed by atoms with Crippen molar-refractivity contribution in [1.82, 2.24) is 4.90 Å². The van der Waals surface area contributed by atoms with Gasteiger partial charge in [0.1, 0.15) is 11.4 Å². The summed E-state index contributed by atoms with van der Waals surface area (Å²) in [6, 6.07) is 5.91. The van der Waals surface area contributed by atoms with Crippen molar-refractivity contribution in [3.05, 3.63) is 28.3 Å². The van der Waals surface area contributed by atoms with E-state index in [0.29, 0.717) is 17.4 Å². The molecule has 20 heavy (non-hydrogen) atoms. The molecule has 3 rings (SSSR count). The van der Waals surface area contributed by atoms with Gasteiger partial charge < -0.3 is 10.7 Å². The molecule has 4 N–H and O–H groups in total. The van der Waals surface area contributed by atoms with Gasteiger partial charge in [-0.2, -0.15) is 0 Å². The molecule has 1 aromatic rings. The minimum Gasteiger partial charge on any atom is -0.375 e. The van der Waals surface area contributed by atoms with E-state index in [-0.39, 0.29) is 16.7 Å². The van der Waals surface area contributed by atoms with Crippen LogP contribution >= 0.6 is 0 Å². The van der Waals surface area contributed by atoms with Gasteiger partial charge in [-0.1, -0.05) is 6.07 Å². The first-order valence-corrected chi connectivity index (χ1v) is 6.95. The first-order chi connectivity index (χ1) is 9.70. The lowest BCUT2D eigenvalue weighted by Crippen LogP contribution is -2.34. The molecule has 7 heteroatoms. The summed E-state index contributed by atoms with van der Waals surface area (Å²) >= 11 is 0.